The fraction of sp³-hybridized carbons (Fsp3) is 0.783. The van der Waals surface area contributed by atoms with Crippen LogP contribution in [0.25, 0.3) is 0 Å². The standard InChI is InChI=1S/C23H42O2/c1-3-22(2)20-18-16-14-12-10-8-6-4-5-7-9-11-13-15-17-19-21-23(24)25/h5,7,13,15,22H,3-4,6,8-12,14,16-21H2,1-2H3,(H,24,25). The first-order chi connectivity index (χ1) is 12.2. The second-order valence-electron chi connectivity index (χ2n) is 7.37. The van der Waals surface area contributed by atoms with Gasteiger partial charge in [-0.05, 0) is 44.4 Å². The van der Waals surface area contributed by atoms with E-state index in [0.717, 1.165) is 31.6 Å². The van der Waals surface area contributed by atoms with Crippen molar-refractivity contribution in [1.82, 2.24) is 0 Å². The molecule has 2 heteroatoms. The number of allylic oxidation sites excluding steroid dienone is 4. The van der Waals surface area contributed by atoms with Gasteiger partial charge in [0, 0.05) is 6.42 Å². The van der Waals surface area contributed by atoms with Crippen LogP contribution in [-0.4, -0.2) is 11.1 Å². The van der Waals surface area contributed by atoms with E-state index in [0.29, 0.717) is 0 Å². The van der Waals surface area contributed by atoms with E-state index in [1.54, 1.807) is 0 Å². The SMILES string of the molecule is CCC(C)CCCCCCCCCC=CCCC=CCCCC(=O)O. The van der Waals surface area contributed by atoms with E-state index in [9.17, 15) is 4.79 Å². The maximum Gasteiger partial charge on any atom is 0.303 e. The van der Waals surface area contributed by atoms with E-state index in [4.69, 9.17) is 5.11 Å². The molecular weight excluding hydrogens is 308 g/mol. The Morgan fingerprint density at radius 2 is 1.24 bits per heavy atom. The van der Waals surface area contributed by atoms with Crippen molar-refractivity contribution in [3.8, 4) is 0 Å². The summed E-state index contributed by atoms with van der Waals surface area (Å²) in [5, 5.41) is 8.53. The summed E-state index contributed by atoms with van der Waals surface area (Å²) in [6.07, 6.45) is 26.7. The fourth-order valence-electron chi connectivity index (χ4n) is 2.88. The number of carbonyl (C=O) groups is 1. The average Bonchev–Trinajstić information content (AvgIpc) is 2.60. The average molecular weight is 351 g/mol. The summed E-state index contributed by atoms with van der Waals surface area (Å²) in [4.78, 5) is 10.4. The molecule has 0 rings (SSSR count). The second-order valence-corrected chi connectivity index (χ2v) is 7.37. The van der Waals surface area contributed by atoms with E-state index < -0.39 is 5.97 Å². The highest BCUT2D eigenvalue weighted by Crippen LogP contribution is 2.14. The molecule has 1 unspecified atom stereocenters. The minimum atomic E-state index is -0.696. The quantitative estimate of drug-likeness (QED) is 0.203. The van der Waals surface area contributed by atoms with Crippen LogP contribution in [0.4, 0.5) is 0 Å². The Bertz CT molecular complexity index is 344. The van der Waals surface area contributed by atoms with Gasteiger partial charge in [0.2, 0.25) is 0 Å². The largest absolute Gasteiger partial charge is 0.481 e. The van der Waals surface area contributed by atoms with Crippen molar-refractivity contribution >= 4 is 5.97 Å². The van der Waals surface area contributed by atoms with E-state index in [2.05, 4.69) is 38.2 Å². The van der Waals surface area contributed by atoms with Gasteiger partial charge in [-0.15, -0.1) is 0 Å². The van der Waals surface area contributed by atoms with Crippen molar-refractivity contribution < 1.29 is 9.90 Å². The van der Waals surface area contributed by atoms with Gasteiger partial charge in [-0.25, -0.2) is 0 Å². The third-order valence-electron chi connectivity index (χ3n) is 4.86. The Balaban J connectivity index is 3.20. The number of carboxylic acid groups (broad SMARTS) is 1. The first-order valence-electron chi connectivity index (χ1n) is 10.7. The Morgan fingerprint density at radius 1 is 0.760 bits per heavy atom. The number of hydrogen-bond donors (Lipinski definition) is 1. The molecule has 0 aromatic carbocycles. The summed E-state index contributed by atoms with van der Waals surface area (Å²) in [6, 6.07) is 0. The molecule has 0 aliphatic heterocycles. The molecule has 0 aliphatic rings. The molecule has 0 saturated heterocycles. The van der Waals surface area contributed by atoms with Crippen molar-refractivity contribution in [3.63, 3.8) is 0 Å². The van der Waals surface area contributed by atoms with Crippen molar-refractivity contribution in [2.45, 2.75) is 110 Å². The van der Waals surface area contributed by atoms with Gasteiger partial charge in [0.1, 0.15) is 0 Å². The topological polar surface area (TPSA) is 37.3 Å². The highest BCUT2D eigenvalue weighted by molar-refractivity contribution is 5.66. The van der Waals surface area contributed by atoms with Gasteiger partial charge in [-0.2, -0.15) is 0 Å². The van der Waals surface area contributed by atoms with Crippen LogP contribution in [0, 0.1) is 5.92 Å². The van der Waals surface area contributed by atoms with Gasteiger partial charge < -0.3 is 5.11 Å². The maximum atomic E-state index is 10.4. The fourth-order valence-corrected chi connectivity index (χ4v) is 2.88. The molecule has 0 spiro atoms. The minimum absolute atomic E-state index is 0.280. The zero-order valence-electron chi connectivity index (χ0n) is 16.8. The van der Waals surface area contributed by atoms with Gasteiger partial charge in [-0.1, -0.05) is 89.5 Å². The van der Waals surface area contributed by atoms with Crippen LogP contribution in [0.1, 0.15) is 110 Å². The molecule has 0 saturated carbocycles. The molecule has 0 heterocycles. The smallest absolute Gasteiger partial charge is 0.303 e. The van der Waals surface area contributed by atoms with E-state index >= 15 is 0 Å². The van der Waals surface area contributed by atoms with Crippen LogP contribution in [0.3, 0.4) is 0 Å². The summed E-state index contributed by atoms with van der Waals surface area (Å²) in [5.41, 5.74) is 0. The van der Waals surface area contributed by atoms with Crippen molar-refractivity contribution in [1.29, 1.82) is 0 Å². The molecule has 25 heavy (non-hydrogen) atoms. The van der Waals surface area contributed by atoms with Crippen LogP contribution in [0.2, 0.25) is 0 Å². The number of carboxylic acids is 1. The summed E-state index contributed by atoms with van der Waals surface area (Å²) in [5.74, 6) is 0.220. The highest BCUT2D eigenvalue weighted by Gasteiger charge is 1.98. The van der Waals surface area contributed by atoms with Crippen molar-refractivity contribution in [3.05, 3.63) is 24.3 Å². The van der Waals surface area contributed by atoms with Crippen LogP contribution in [0.15, 0.2) is 24.3 Å². The van der Waals surface area contributed by atoms with Crippen molar-refractivity contribution in [2.75, 3.05) is 0 Å². The van der Waals surface area contributed by atoms with Gasteiger partial charge in [-0.3, -0.25) is 4.79 Å². The summed E-state index contributed by atoms with van der Waals surface area (Å²) in [6.45, 7) is 4.66. The molecule has 0 bridgehead atoms. The first kappa shape index (κ1) is 23.9. The van der Waals surface area contributed by atoms with Gasteiger partial charge in [0.25, 0.3) is 0 Å². The van der Waals surface area contributed by atoms with Gasteiger partial charge in [0.15, 0.2) is 0 Å². The predicted octanol–water partition coefficient (Wildman–Crippen LogP) is 7.69. The van der Waals surface area contributed by atoms with Gasteiger partial charge >= 0.3 is 5.97 Å². The Morgan fingerprint density at radius 3 is 1.80 bits per heavy atom. The number of hydrogen-bond acceptors (Lipinski definition) is 1. The molecule has 0 fully saturated rings. The summed E-state index contributed by atoms with van der Waals surface area (Å²) < 4.78 is 0. The normalized spacial score (nSPS) is 13.0. The van der Waals surface area contributed by atoms with Crippen molar-refractivity contribution in [2.24, 2.45) is 5.92 Å². The van der Waals surface area contributed by atoms with E-state index in [1.165, 1.54) is 64.2 Å². The molecule has 146 valence electrons. The van der Waals surface area contributed by atoms with E-state index in [-0.39, 0.29) is 6.42 Å². The molecule has 0 aliphatic carbocycles. The lowest BCUT2D eigenvalue weighted by Crippen LogP contribution is -1.92. The maximum absolute atomic E-state index is 10.4. The molecule has 1 N–H and O–H groups in total. The van der Waals surface area contributed by atoms with Crippen LogP contribution in [-0.2, 0) is 4.79 Å². The molecule has 0 aromatic heterocycles. The highest BCUT2D eigenvalue weighted by atomic mass is 16.4. The molecule has 0 radical (unpaired) electrons. The molecule has 0 amide bonds. The summed E-state index contributed by atoms with van der Waals surface area (Å²) in [7, 11) is 0. The van der Waals surface area contributed by atoms with Crippen LogP contribution in [0.5, 0.6) is 0 Å². The number of aliphatic carboxylic acids is 1. The Kier molecular flexibility index (Phi) is 18.5. The van der Waals surface area contributed by atoms with Crippen LogP contribution >= 0.6 is 0 Å². The first-order valence-corrected chi connectivity index (χ1v) is 10.7. The van der Waals surface area contributed by atoms with Gasteiger partial charge in [0.05, 0.1) is 0 Å². The summed E-state index contributed by atoms with van der Waals surface area (Å²) >= 11 is 0. The molecule has 2 nitrogen and oxygen atoms in total. The lowest BCUT2D eigenvalue weighted by Gasteiger charge is -2.07. The Labute approximate surface area is 156 Å². The number of rotatable bonds is 18. The van der Waals surface area contributed by atoms with Crippen LogP contribution < -0.4 is 0 Å². The lowest BCUT2D eigenvalue weighted by atomic mass is 9.99. The molecule has 1 atom stereocenters. The zero-order valence-corrected chi connectivity index (χ0v) is 16.8. The third kappa shape index (κ3) is 20.9. The lowest BCUT2D eigenvalue weighted by molar-refractivity contribution is -0.137. The molecular formula is C23H42O2. The molecule has 0 aromatic rings. The zero-order chi connectivity index (χ0) is 18.6. The van der Waals surface area contributed by atoms with E-state index in [1.807, 2.05) is 0 Å². The predicted molar refractivity (Wildman–Crippen MR) is 110 cm³/mol. The monoisotopic (exact) mass is 350 g/mol. The third-order valence-corrected chi connectivity index (χ3v) is 4.86. The number of unbranched alkanes of at least 4 members (excludes halogenated alkanes) is 9. The minimum Gasteiger partial charge on any atom is -0.481 e. The second kappa shape index (κ2) is 19.3. The Hall–Kier alpha value is -1.05.